The highest BCUT2D eigenvalue weighted by atomic mass is 16.6. The number of pyridine rings is 1. The van der Waals surface area contributed by atoms with Gasteiger partial charge in [-0.05, 0) is 18.2 Å². The first-order valence-corrected chi connectivity index (χ1v) is 5.65. The molecule has 1 N–H and O–H groups in total. The van der Waals surface area contributed by atoms with E-state index < -0.39 is 10.8 Å². The molecule has 0 aliphatic carbocycles. The van der Waals surface area contributed by atoms with Gasteiger partial charge in [-0.25, -0.2) is 5.43 Å². The number of carbonyl (C=O) groups is 1. The van der Waals surface area contributed by atoms with Gasteiger partial charge in [0.05, 0.1) is 22.3 Å². The Morgan fingerprint density at radius 3 is 2.80 bits per heavy atom. The van der Waals surface area contributed by atoms with Crippen LogP contribution in [0.2, 0.25) is 0 Å². The summed E-state index contributed by atoms with van der Waals surface area (Å²) in [7, 11) is 0. The molecule has 0 spiro atoms. The van der Waals surface area contributed by atoms with Gasteiger partial charge in [-0.15, -0.1) is 0 Å². The van der Waals surface area contributed by atoms with Crippen LogP contribution in [0.5, 0.6) is 0 Å². The van der Waals surface area contributed by atoms with Crippen molar-refractivity contribution in [2.75, 3.05) is 0 Å². The lowest BCUT2D eigenvalue weighted by Gasteiger charge is -1.99. The minimum Gasteiger partial charge on any atom is -0.267 e. The van der Waals surface area contributed by atoms with Crippen LogP contribution in [0.25, 0.3) is 0 Å². The second kappa shape index (κ2) is 6.19. The van der Waals surface area contributed by atoms with Crippen molar-refractivity contribution in [1.29, 1.82) is 0 Å². The molecule has 0 radical (unpaired) electrons. The van der Waals surface area contributed by atoms with Crippen molar-refractivity contribution in [2.45, 2.75) is 0 Å². The topological polar surface area (TPSA) is 97.5 Å². The van der Waals surface area contributed by atoms with E-state index in [0.717, 1.165) is 0 Å². The summed E-state index contributed by atoms with van der Waals surface area (Å²) in [6.45, 7) is 0. The molecule has 1 amide bonds. The number of aromatic nitrogens is 1. The Morgan fingerprint density at radius 2 is 2.10 bits per heavy atom. The van der Waals surface area contributed by atoms with Gasteiger partial charge in [-0.3, -0.25) is 19.9 Å². The van der Waals surface area contributed by atoms with E-state index in [1.807, 2.05) is 0 Å². The second-order valence-electron chi connectivity index (χ2n) is 3.76. The van der Waals surface area contributed by atoms with Crippen molar-refractivity contribution in [3.8, 4) is 0 Å². The molecule has 7 nitrogen and oxygen atoms in total. The molecule has 2 rings (SSSR count). The lowest BCUT2D eigenvalue weighted by Crippen LogP contribution is -2.17. The SMILES string of the molecule is O=C(N/N=C/c1ccccc1[N+](=O)[O-])c1cccnc1. The minimum atomic E-state index is -0.510. The summed E-state index contributed by atoms with van der Waals surface area (Å²) < 4.78 is 0. The van der Waals surface area contributed by atoms with Crippen molar-refractivity contribution < 1.29 is 9.72 Å². The van der Waals surface area contributed by atoms with Crippen LogP contribution >= 0.6 is 0 Å². The molecule has 0 atom stereocenters. The van der Waals surface area contributed by atoms with Crippen LogP contribution in [-0.4, -0.2) is 22.0 Å². The van der Waals surface area contributed by atoms with E-state index in [1.54, 1.807) is 30.5 Å². The van der Waals surface area contributed by atoms with Gasteiger partial charge in [-0.1, -0.05) is 12.1 Å². The van der Waals surface area contributed by atoms with Crippen molar-refractivity contribution in [1.82, 2.24) is 10.4 Å². The van der Waals surface area contributed by atoms with Crippen molar-refractivity contribution >= 4 is 17.8 Å². The number of para-hydroxylation sites is 1. The zero-order valence-electron chi connectivity index (χ0n) is 10.3. The second-order valence-corrected chi connectivity index (χ2v) is 3.76. The van der Waals surface area contributed by atoms with Crippen molar-refractivity contribution in [3.63, 3.8) is 0 Å². The number of hydrogen-bond acceptors (Lipinski definition) is 5. The maximum absolute atomic E-state index is 11.7. The van der Waals surface area contributed by atoms with Crippen molar-refractivity contribution in [3.05, 3.63) is 70.0 Å². The van der Waals surface area contributed by atoms with Crippen LogP contribution in [0.4, 0.5) is 5.69 Å². The van der Waals surface area contributed by atoms with Crippen LogP contribution in [0.15, 0.2) is 53.9 Å². The average molecular weight is 270 g/mol. The third kappa shape index (κ3) is 3.22. The minimum absolute atomic E-state index is 0.0770. The fourth-order valence-electron chi connectivity index (χ4n) is 1.49. The van der Waals surface area contributed by atoms with Gasteiger partial charge >= 0.3 is 0 Å². The molecule has 1 heterocycles. The summed E-state index contributed by atoms with van der Waals surface area (Å²) in [4.78, 5) is 25.7. The van der Waals surface area contributed by atoms with E-state index in [4.69, 9.17) is 0 Å². The molecule has 0 fully saturated rings. The molecule has 1 aromatic heterocycles. The summed E-state index contributed by atoms with van der Waals surface area (Å²) in [5.41, 5.74) is 2.87. The first-order chi connectivity index (χ1) is 9.68. The zero-order chi connectivity index (χ0) is 14.4. The standard InChI is InChI=1S/C13H10N4O3/c18-13(11-5-3-7-14-8-11)16-15-9-10-4-1-2-6-12(10)17(19)20/h1-9H,(H,16,18)/b15-9+. The third-order valence-corrected chi connectivity index (χ3v) is 2.43. The summed E-state index contributed by atoms with van der Waals surface area (Å²) in [5, 5.41) is 14.5. The predicted octanol–water partition coefficient (Wildman–Crippen LogP) is 1.75. The number of nitro benzene ring substituents is 1. The van der Waals surface area contributed by atoms with E-state index in [0.29, 0.717) is 11.1 Å². The number of amides is 1. The Hall–Kier alpha value is -3.09. The molecular weight excluding hydrogens is 260 g/mol. The largest absolute Gasteiger partial charge is 0.278 e. The normalized spacial score (nSPS) is 10.4. The maximum atomic E-state index is 11.7. The van der Waals surface area contributed by atoms with E-state index in [2.05, 4.69) is 15.5 Å². The van der Waals surface area contributed by atoms with Crippen LogP contribution in [0.1, 0.15) is 15.9 Å². The summed E-state index contributed by atoms with van der Waals surface area (Å²) in [6.07, 6.45) is 4.18. The highest BCUT2D eigenvalue weighted by Crippen LogP contribution is 2.14. The van der Waals surface area contributed by atoms with E-state index in [-0.39, 0.29) is 5.69 Å². The third-order valence-electron chi connectivity index (χ3n) is 2.43. The van der Waals surface area contributed by atoms with E-state index in [1.165, 1.54) is 24.5 Å². The number of benzene rings is 1. The monoisotopic (exact) mass is 270 g/mol. The Bertz CT molecular complexity index is 656. The van der Waals surface area contributed by atoms with Gasteiger partial charge in [0.2, 0.25) is 0 Å². The van der Waals surface area contributed by atoms with Gasteiger partial charge < -0.3 is 0 Å². The average Bonchev–Trinajstić information content (AvgIpc) is 2.48. The summed E-state index contributed by atoms with van der Waals surface area (Å²) in [5.74, 6) is -0.437. The number of carbonyl (C=O) groups excluding carboxylic acids is 1. The van der Waals surface area contributed by atoms with Crippen LogP contribution in [0.3, 0.4) is 0 Å². The number of nitrogens with zero attached hydrogens (tertiary/aromatic N) is 3. The lowest BCUT2D eigenvalue weighted by molar-refractivity contribution is -0.385. The quantitative estimate of drug-likeness (QED) is 0.520. The van der Waals surface area contributed by atoms with E-state index in [9.17, 15) is 14.9 Å². The number of nitro groups is 1. The molecule has 0 aliphatic rings. The number of nitrogens with one attached hydrogen (secondary N) is 1. The predicted molar refractivity (Wildman–Crippen MR) is 72.4 cm³/mol. The lowest BCUT2D eigenvalue weighted by atomic mass is 10.2. The molecule has 100 valence electrons. The van der Waals surface area contributed by atoms with Crippen LogP contribution in [-0.2, 0) is 0 Å². The van der Waals surface area contributed by atoms with Gasteiger partial charge in [0.15, 0.2) is 0 Å². The smallest absolute Gasteiger partial charge is 0.267 e. The Morgan fingerprint density at radius 1 is 1.30 bits per heavy atom. The first-order valence-electron chi connectivity index (χ1n) is 5.65. The molecule has 7 heteroatoms. The molecule has 0 saturated heterocycles. The van der Waals surface area contributed by atoms with Gasteiger partial charge in [0.1, 0.15) is 0 Å². The number of hydrogen-bond donors (Lipinski definition) is 1. The zero-order valence-corrected chi connectivity index (χ0v) is 10.3. The first kappa shape index (κ1) is 13.3. The van der Waals surface area contributed by atoms with Gasteiger partial charge in [0, 0.05) is 18.5 Å². The van der Waals surface area contributed by atoms with Gasteiger partial charge in [-0.2, -0.15) is 5.10 Å². The molecular formula is C13H10N4O3. The molecule has 0 saturated carbocycles. The molecule has 20 heavy (non-hydrogen) atoms. The molecule has 0 aliphatic heterocycles. The van der Waals surface area contributed by atoms with Gasteiger partial charge in [0.25, 0.3) is 11.6 Å². The van der Waals surface area contributed by atoms with Crippen LogP contribution in [0, 0.1) is 10.1 Å². The number of rotatable bonds is 4. The molecule has 2 aromatic rings. The highest BCUT2D eigenvalue weighted by molar-refractivity contribution is 5.94. The van der Waals surface area contributed by atoms with E-state index >= 15 is 0 Å². The maximum Gasteiger partial charge on any atom is 0.278 e. The van der Waals surface area contributed by atoms with Crippen molar-refractivity contribution in [2.24, 2.45) is 5.10 Å². The Labute approximate surface area is 114 Å². The number of hydrazone groups is 1. The molecule has 0 unspecified atom stereocenters. The fraction of sp³-hybridized carbons (Fsp3) is 0. The Balaban J connectivity index is 2.08. The molecule has 1 aromatic carbocycles. The van der Waals surface area contributed by atoms with Crippen LogP contribution < -0.4 is 5.43 Å². The summed E-state index contributed by atoms with van der Waals surface area (Å²) >= 11 is 0. The fourth-order valence-corrected chi connectivity index (χ4v) is 1.49. The summed E-state index contributed by atoms with van der Waals surface area (Å²) in [6, 6.07) is 9.33. The highest BCUT2D eigenvalue weighted by Gasteiger charge is 2.10. The molecule has 0 bridgehead atoms. The Kier molecular flexibility index (Phi) is 4.13.